The van der Waals surface area contributed by atoms with E-state index >= 15 is 0 Å². The summed E-state index contributed by atoms with van der Waals surface area (Å²) in [6.07, 6.45) is 2.74. The Morgan fingerprint density at radius 1 is 1.09 bits per heavy atom. The zero-order valence-corrected chi connectivity index (χ0v) is 19.5. The molecule has 2 aliphatic rings. The summed E-state index contributed by atoms with van der Waals surface area (Å²) in [4.78, 5) is 17.2. The number of nitrogens with zero attached hydrogens (tertiary/aromatic N) is 3. The third kappa shape index (κ3) is 6.13. The molecule has 180 valence electrons. The van der Waals surface area contributed by atoms with Crippen LogP contribution in [-0.4, -0.2) is 54.7 Å². The van der Waals surface area contributed by atoms with Crippen LogP contribution in [0.1, 0.15) is 36.8 Å². The summed E-state index contributed by atoms with van der Waals surface area (Å²) in [5.41, 5.74) is 2.16. The van der Waals surface area contributed by atoms with Crippen LogP contribution in [0, 0.1) is 29.0 Å². The molecule has 0 spiro atoms. The number of likely N-dealkylation sites (tertiary alicyclic amines) is 1. The van der Waals surface area contributed by atoms with Gasteiger partial charge in [0.15, 0.2) is 0 Å². The Bertz CT molecular complexity index is 993. The van der Waals surface area contributed by atoms with Crippen molar-refractivity contribution in [3.8, 4) is 6.07 Å². The Balaban J connectivity index is 1.17. The largest absolute Gasteiger partial charge is 0.391 e. The van der Waals surface area contributed by atoms with E-state index in [1.54, 1.807) is 12.1 Å². The number of nitriles is 1. The molecule has 1 atom stereocenters. The van der Waals surface area contributed by atoms with E-state index in [0.717, 1.165) is 38.2 Å². The topological polar surface area (TPSA) is 79.6 Å². The van der Waals surface area contributed by atoms with Crippen molar-refractivity contribution >= 4 is 11.6 Å². The van der Waals surface area contributed by atoms with Gasteiger partial charge in [-0.3, -0.25) is 9.69 Å². The van der Waals surface area contributed by atoms with E-state index in [0.29, 0.717) is 32.5 Å². The zero-order valence-electron chi connectivity index (χ0n) is 19.5. The lowest BCUT2D eigenvalue weighted by Gasteiger charge is -2.35. The number of rotatable bonds is 7. The Morgan fingerprint density at radius 3 is 2.47 bits per heavy atom. The van der Waals surface area contributed by atoms with Crippen LogP contribution in [0.3, 0.4) is 0 Å². The van der Waals surface area contributed by atoms with E-state index in [2.05, 4.69) is 39.4 Å². The maximum Gasteiger partial charge on any atom is 0.223 e. The molecule has 2 heterocycles. The van der Waals surface area contributed by atoms with Crippen LogP contribution >= 0.6 is 0 Å². The minimum atomic E-state index is -0.522. The quantitative estimate of drug-likeness (QED) is 0.657. The standard InChI is InChI=1S/C27H33FN4O2/c28-25-7-6-24(16-23(25)17-29)32-14-10-22(11-15-32)27(34)30-18-26(33)21-8-12-31(13-9-21)19-20-4-2-1-3-5-20/h1-7,16,21-22,26,33H,8-15,18-19H2,(H,30,34)/t26-/m1/s1. The lowest BCUT2D eigenvalue weighted by molar-refractivity contribution is -0.126. The van der Waals surface area contributed by atoms with E-state index in [9.17, 15) is 14.3 Å². The van der Waals surface area contributed by atoms with Gasteiger partial charge in [0, 0.05) is 37.8 Å². The molecule has 6 nitrogen and oxygen atoms in total. The van der Waals surface area contributed by atoms with Gasteiger partial charge in [0.05, 0.1) is 11.7 Å². The molecule has 1 amide bonds. The summed E-state index contributed by atoms with van der Waals surface area (Å²) in [5, 5.41) is 22.7. The number of benzene rings is 2. The van der Waals surface area contributed by atoms with Gasteiger partial charge in [-0.25, -0.2) is 4.39 Å². The molecule has 2 fully saturated rings. The van der Waals surface area contributed by atoms with Gasteiger partial charge in [-0.15, -0.1) is 0 Å². The minimum absolute atomic E-state index is 0.00275. The van der Waals surface area contributed by atoms with E-state index in [-0.39, 0.29) is 23.3 Å². The first-order chi connectivity index (χ1) is 16.5. The van der Waals surface area contributed by atoms with Crippen molar-refractivity contribution in [3.05, 3.63) is 65.5 Å². The van der Waals surface area contributed by atoms with Crippen molar-refractivity contribution in [1.29, 1.82) is 5.26 Å². The van der Waals surface area contributed by atoms with E-state index in [1.165, 1.54) is 11.6 Å². The van der Waals surface area contributed by atoms with Gasteiger partial charge < -0.3 is 15.3 Å². The molecule has 2 aromatic carbocycles. The Labute approximate surface area is 201 Å². The van der Waals surface area contributed by atoms with Gasteiger partial charge in [-0.2, -0.15) is 5.26 Å². The highest BCUT2D eigenvalue weighted by atomic mass is 19.1. The number of hydrogen-bond acceptors (Lipinski definition) is 5. The van der Waals surface area contributed by atoms with Crippen LogP contribution in [0.15, 0.2) is 48.5 Å². The highest BCUT2D eigenvalue weighted by Crippen LogP contribution is 2.26. The number of aliphatic hydroxyl groups excluding tert-OH is 1. The summed E-state index contributed by atoms with van der Waals surface area (Å²) >= 11 is 0. The van der Waals surface area contributed by atoms with Gasteiger partial charge in [0.25, 0.3) is 0 Å². The summed E-state index contributed by atoms with van der Waals surface area (Å²) in [6, 6.07) is 16.9. The number of amides is 1. The monoisotopic (exact) mass is 464 g/mol. The summed E-state index contributed by atoms with van der Waals surface area (Å²) < 4.78 is 13.6. The number of halogens is 1. The summed E-state index contributed by atoms with van der Waals surface area (Å²) in [7, 11) is 0. The first kappa shape index (κ1) is 24.2. The highest BCUT2D eigenvalue weighted by molar-refractivity contribution is 5.79. The van der Waals surface area contributed by atoms with Crippen LogP contribution in [-0.2, 0) is 11.3 Å². The van der Waals surface area contributed by atoms with E-state index < -0.39 is 11.9 Å². The predicted octanol–water partition coefficient (Wildman–Crippen LogP) is 3.30. The fourth-order valence-corrected chi connectivity index (χ4v) is 5.05. The van der Waals surface area contributed by atoms with Crippen molar-refractivity contribution in [1.82, 2.24) is 10.2 Å². The second-order valence-electron chi connectivity index (χ2n) is 9.45. The van der Waals surface area contributed by atoms with Crippen LogP contribution in [0.2, 0.25) is 0 Å². The second-order valence-corrected chi connectivity index (χ2v) is 9.45. The number of anilines is 1. The fraction of sp³-hybridized carbons (Fsp3) is 0.481. The molecule has 7 heteroatoms. The van der Waals surface area contributed by atoms with Crippen LogP contribution < -0.4 is 10.2 Å². The molecular formula is C27H33FN4O2. The van der Waals surface area contributed by atoms with Crippen LogP contribution in [0.5, 0.6) is 0 Å². The normalized spacial score (nSPS) is 18.9. The van der Waals surface area contributed by atoms with E-state index in [4.69, 9.17) is 5.26 Å². The van der Waals surface area contributed by atoms with Gasteiger partial charge in [0.1, 0.15) is 11.9 Å². The first-order valence-corrected chi connectivity index (χ1v) is 12.2. The Kier molecular flexibility index (Phi) is 8.15. The number of nitrogens with one attached hydrogen (secondary N) is 1. The molecule has 0 radical (unpaired) electrons. The lowest BCUT2D eigenvalue weighted by Crippen LogP contribution is -2.45. The molecule has 2 aliphatic heterocycles. The van der Waals surface area contributed by atoms with Crippen LogP contribution in [0.25, 0.3) is 0 Å². The summed E-state index contributed by atoms with van der Waals surface area (Å²) in [6.45, 7) is 4.51. The number of hydrogen-bond donors (Lipinski definition) is 2. The maximum absolute atomic E-state index is 13.6. The molecule has 0 bridgehead atoms. The molecule has 0 aliphatic carbocycles. The van der Waals surface area contributed by atoms with Crippen LogP contribution in [0.4, 0.5) is 10.1 Å². The number of aliphatic hydroxyl groups is 1. The average Bonchev–Trinajstić information content (AvgIpc) is 2.88. The molecule has 34 heavy (non-hydrogen) atoms. The lowest BCUT2D eigenvalue weighted by atomic mass is 9.90. The van der Waals surface area contributed by atoms with Crippen molar-refractivity contribution in [2.75, 3.05) is 37.6 Å². The molecule has 2 saturated heterocycles. The number of carbonyl (C=O) groups excluding carboxylic acids is 1. The van der Waals surface area contributed by atoms with Crippen molar-refractivity contribution in [2.45, 2.75) is 38.3 Å². The molecule has 0 saturated carbocycles. The summed E-state index contributed by atoms with van der Waals surface area (Å²) in [5.74, 6) is -0.396. The molecular weight excluding hydrogens is 431 g/mol. The zero-order chi connectivity index (χ0) is 23.9. The third-order valence-corrected chi connectivity index (χ3v) is 7.21. The highest BCUT2D eigenvalue weighted by Gasteiger charge is 2.28. The van der Waals surface area contributed by atoms with Gasteiger partial charge in [-0.05, 0) is 68.5 Å². The average molecular weight is 465 g/mol. The third-order valence-electron chi connectivity index (χ3n) is 7.21. The predicted molar refractivity (Wildman–Crippen MR) is 130 cm³/mol. The van der Waals surface area contributed by atoms with Gasteiger partial charge >= 0.3 is 0 Å². The molecule has 0 aromatic heterocycles. The smallest absolute Gasteiger partial charge is 0.223 e. The van der Waals surface area contributed by atoms with Crippen molar-refractivity contribution in [2.24, 2.45) is 11.8 Å². The van der Waals surface area contributed by atoms with Crippen molar-refractivity contribution in [3.63, 3.8) is 0 Å². The first-order valence-electron chi connectivity index (χ1n) is 12.2. The number of carbonyl (C=O) groups is 1. The molecule has 2 N–H and O–H groups in total. The van der Waals surface area contributed by atoms with Crippen molar-refractivity contribution < 1.29 is 14.3 Å². The Hall–Kier alpha value is -2.95. The van der Waals surface area contributed by atoms with Gasteiger partial charge in [-0.1, -0.05) is 30.3 Å². The number of piperidine rings is 2. The van der Waals surface area contributed by atoms with Gasteiger partial charge in [0.2, 0.25) is 5.91 Å². The molecule has 4 rings (SSSR count). The SMILES string of the molecule is N#Cc1cc(N2CCC(C(=O)NC[C@@H](O)C3CCN(Cc4ccccc4)CC3)CC2)ccc1F. The second kappa shape index (κ2) is 11.5. The fourth-order valence-electron chi connectivity index (χ4n) is 5.05. The molecule has 2 aromatic rings. The van der Waals surface area contributed by atoms with E-state index in [1.807, 2.05) is 12.1 Å². The minimum Gasteiger partial charge on any atom is -0.391 e. The Morgan fingerprint density at radius 2 is 1.79 bits per heavy atom. The molecule has 0 unspecified atom stereocenters. The maximum atomic E-state index is 13.6.